The predicted molar refractivity (Wildman–Crippen MR) is 189 cm³/mol. The molecule has 4 atom stereocenters. The molecule has 3 aromatic carbocycles. The van der Waals surface area contributed by atoms with Crippen molar-refractivity contribution in [2.45, 2.75) is 57.6 Å². The van der Waals surface area contributed by atoms with E-state index in [4.69, 9.17) is 15.2 Å². The number of carbonyl (C=O) groups is 3. The summed E-state index contributed by atoms with van der Waals surface area (Å²) in [6.07, 6.45) is -0.133. The molecule has 0 spiro atoms. The third-order valence-corrected chi connectivity index (χ3v) is 10.2. The molecule has 4 aromatic rings. The fraction of sp³-hybridized carbons (Fsp3) is 0.389. The number of carbonyl (C=O) groups excluding carboxylic acids is 3. The predicted octanol–water partition coefficient (Wildman–Crippen LogP) is 3.60. The van der Waals surface area contributed by atoms with Gasteiger partial charge in [0.15, 0.2) is 11.4 Å². The molecule has 4 amide bonds. The molecule has 13 nitrogen and oxygen atoms in total. The smallest absolute Gasteiger partial charge is 0.332 e. The number of nitrogens with two attached hydrogens (primary N) is 1. The van der Waals surface area contributed by atoms with Crippen molar-refractivity contribution in [3.8, 4) is 5.75 Å². The van der Waals surface area contributed by atoms with Crippen molar-refractivity contribution < 1.29 is 28.2 Å². The summed E-state index contributed by atoms with van der Waals surface area (Å²) in [6.45, 7) is 2.87. The minimum Gasteiger partial charge on any atom is -0.461 e. The van der Waals surface area contributed by atoms with E-state index in [0.29, 0.717) is 23.8 Å². The molecule has 7 rings (SSSR count). The first kappa shape index (κ1) is 34.6. The first-order chi connectivity index (χ1) is 24.6. The quantitative estimate of drug-likeness (QED) is 0.211. The number of urea groups is 1. The molecule has 3 aliphatic heterocycles. The number of nitrogen functional groups attached to an aromatic ring is 1. The zero-order valence-electron chi connectivity index (χ0n) is 28.7. The minimum atomic E-state index is -0.816. The number of rotatable bonds is 12. The average Bonchev–Trinajstić information content (AvgIpc) is 3.66. The highest BCUT2D eigenvalue weighted by Gasteiger charge is 2.52. The van der Waals surface area contributed by atoms with E-state index in [1.165, 1.54) is 23.5 Å². The van der Waals surface area contributed by atoms with Crippen LogP contribution in [0.3, 0.4) is 0 Å². The third-order valence-electron chi connectivity index (χ3n) is 9.33. The minimum absolute atomic E-state index is 0.0638. The number of benzene rings is 3. The van der Waals surface area contributed by atoms with Gasteiger partial charge in [-0.2, -0.15) is 5.01 Å². The van der Waals surface area contributed by atoms with Gasteiger partial charge in [-0.05, 0) is 67.5 Å². The van der Waals surface area contributed by atoms with Crippen LogP contribution in [0, 0.1) is 5.82 Å². The molecule has 0 bridgehead atoms. The lowest BCUT2D eigenvalue weighted by Crippen LogP contribution is -2.66. The number of aromatic nitrogens is 1. The fourth-order valence-corrected chi connectivity index (χ4v) is 7.56. The van der Waals surface area contributed by atoms with Crippen LogP contribution in [0.25, 0.3) is 10.2 Å². The molecule has 268 valence electrons. The molecule has 3 fully saturated rings. The second-order valence-corrected chi connectivity index (χ2v) is 14.2. The van der Waals surface area contributed by atoms with Crippen molar-refractivity contribution in [1.29, 1.82) is 0 Å². The Balaban J connectivity index is 1.15. The number of hydrazine groups is 1. The molecular formula is C36H41FN8O5S. The first-order valence-electron chi connectivity index (χ1n) is 17.0. The highest BCUT2D eigenvalue weighted by Crippen LogP contribution is 2.33. The van der Waals surface area contributed by atoms with E-state index in [0.717, 1.165) is 26.9 Å². The Morgan fingerprint density at radius 1 is 1.10 bits per heavy atom. The Kier molecular flexibility index (Phi) is 9.79. The second-order valence-electron chi connectivity index (χ2n) is 13.2. The standard InChI is InChI=1S/C36H41FN8O5S/c1-4-16-43(36(48)39-18-23-8-12-25(37)13-9-23)44-21-30(46)45-27(17-22-10-14-26(15-11-22)49-34-33(50-34)41(2)3)32(47)42(20-29(44)45)19-24-6-5-7-28-31(24)40-35(38)51-28/h5-15,27,29,33-34H,4,16-21H2,1-3H3,(H2,38,40)(H,39,48)/t27-,29+,33?,34?/m0/s1. The van der Waals surface area contributed by atoms with Crippen molar-refractivity contribution in [3.63, 3.8) is 0 Å². The normalized spacial score (nSPS) is 21.7. The van der Waals surface area contributed by atoms with Crippen molar-refractivity contribution in [1.82, 2.24) is 35.0 Å². The average molecular weight is 717 g/mol. The van der Waals surface area contributed by atoms with E-state index < -0.39 is 12.2 Å². The Morgan fingerprint density at radius 3 is 2.55 bits per heavy atom. The number of hydrogen-bond donors (Lipinski definition) is 2. The number of thiazole rings is 1. The van der Waals surface area contributed by atoms with E-state index in [-0.39, 0.29) is 68.8 Å². The van der Waals surface area contributed by atoms with Gasteiger partial charge in [0.1, 0.15) is 23.8 Å². The Morgan fingerprint density at radius 2 is 1.84 bits per heavy atom. The molecule has 0 aliphatic carbocycles. The van der Waals surface area contributed by atoms with Crippen LogP contribution in [0.2, 0.25) is 0 Å². The second kappa shape index (κ2) is 14.4. The maximum Gasteiger partial charge on any atom is 0.332 e. The van der Waals surface area contributed by atoms with E-state index in [2.05, 4.69) is 10.3 Å². The summed E-state index contributed by atoms with van der Waals surface area (Å²) in [4.78, 5) is 51.9. The van der Waals surface area contributed by atoms with Gasteiger partial charge in [-0.1, -0.05) is 54.7 Å². The van der Waals surface area contributed by atoms with Gasteiger partial charge < -0.3 is 30.3 Å². The number of epoxide rings is 1. The van der Waals surface area contributed by atoms with Crippen molar-refractivity contribution in [2.24, 2.45) is 0 Å². The van der Waals surface area contributed by atoms with E-state index in [9.17, 15) is 18.8 Å². The van der Waals surface area contributed by atoms with Gasteiger partial charge in [0.25, 0.3) is 0 Å². The molecule has 3 saturated heterocycles. The monoisotopic (exact) mass is 716 g/mol. The lowest BCUT2D eigenvalue weighted by atomic mass is 9.99. The summed E-state index contributed by atoms with van der Waals surface area (Å²) in [5.74, 6) is -0.141. The molecule has 1 aromatic heterocycles. The van der Waals surface area contributed by atoms with Crippen LogP contribution in [-0.4, -0.2) is 106 Å². The van der Waals surface area contributed by atoms with Crippen molar-refractivity contribution in [2.75, 3.05) is 39.5 Å². The fourth-order valence-electron chi connectivity index (χ4n) is 6.78. The van der Waals surface area contributed by atoms with Gasteiger partial charge in [0.2, 0.25) is 18.1 Å². The largest absolute Gasteiger partial charge is 0.461 e. The van der Waals surface area contributed by atoms with Crippen LogP contribution in [0.5, 0.6) is 5.75 Å². The summed E-state index contributed by atoms with van der Waals surface area (Å²) < 4.78 is 25.9. The Bertz CT molecular complexity index is 1910. The van der Waals surface area contributed by atoms with Gasteiger partial charge in [-0.25, -0.2) is 14.2 Å². The number of nitrogens with one attached hydrogen (secondary N) is 1. The number of likely N-dealkylation sites (N-methyl/N-ethyl adjacent to an activating group) is 1. The third kappa shape index (κ3) is 7.33. The molecule has 15 heteroatoms. The Labute approximate surface area is 299 Å². The summed E-state index contributed by atoms with van der Waals surface area (Å²) in [6, 6.07) is 18.0. The topological polar surface area (TPSA) is 140 Å². The highest BCUT2D eigenvalue weighted by molar-refractivity contribution is 7.22. The zero-order chi connectivity index (χ0) is 35.8. The van der Waals surface area contributed by atoms with Gasteiger partial charge >= 0.3 is 6.03 Å². The van der Waals surface area contributed by atoms with Crippen LogP contribution >= 0.6 is 11.3 Å². The molecule has 0 radical (unpaired) electrons. The van der Waals surface area contributed by atoms with E-state index >= 15 is 0 Å². The molecule has 0 saturated carbocycles. The number of fused-ring (bicyclic) bond motifs is 2. The van der Waals surface area contributed by atoms with Crippen molar-refractivity contribution in [3.05, 3.63) is 89.2 Å². The SMILES string of the molecule is CCCN(C(=O)NCc1ccc(F)cc1)N1CC(=O)N2[C@@H](Cc3ccc(OC4OC4N(C)C)cc3)C(=O)N(Cc3cccc4sc(N)nc34)C[C@@H]21. The number of halogens is 1. The molecule has 51 heavy (non-hydrogen) atoms. The van der Waals surface area contributed by atoms with E-state index in [1.54, 1.807) is 32.0 Å². The number of hydrogen-bond acceptors (Lipinski definition) is 10. The summed E-state index contributed by atoms with van der Waals surface area (Å²) in [5, 5.41) is 6.70. The first-order valence-corrected chi connectivity index (χ1v) is 17.8. The van der Waals surface area contributed by atoms with Crippen LogP contribution < -0.4 is 15.8 Å². The number of ether oxygens (including phenoxy) is 2. The van der Waals surface area contributed by atoms with Gasteiger partial charge in [0.05, 0.1) is 23.3 Å². The van der Waals surface area contributed by atoms with Crippen molar-refractivity contribution >= 4 is 44.5 Å². The molecule has 2 unspecified atom stereocenters. The zero-order valence-corrected chi connectivity index (χ0v) is 29.5. The summed E-state index contributed by atoms with van der Waals surface area (Å²) in [7, 11) is 3.84. The van der Waals surface area contributed by atoms with Gasteiger partial charge in [-0.3, -0.25) is 19.5 Å². The van der Waals surface area contributed by atoms with Crippen LogP contribution in [-0.2, 0) is 33.8 Å². The molecule has 4 heterocycles. The summed E-state index contributed by atoms with van der Waals surface area (Å²) >= 11 is 1.39. The number of amides is 4. The number of anilines is 1. The highest BCUT2D eigenvalue weighted by atomic mass is 32.1. The molecular weight excluding hydrogens is 676 g/mol. The lowest BCUT2D eigenvalue weighted by Gasteiger charge is -2.46. The maximum atomic E-state index is 14.4. The Hall–Kier alpha value is -4.83. The molecule has 3 N–H and O–H groups in total. The number of para-hydroxylation sites is 1. The number of piperazine rings is 1. The van der Waals surface area contributed by atoms with Crippen LogP contribution in [0.1, 0.15) is 30.0 Å². The lowest BCUT2D eigenvalue weighted by molar-refractivity contribution is -0.157. The van der Waals surface area contributed by atoms with Gasteiger partial charge in [0, 0.05) is 26.1 Å². The van der Waals surface area contributed by atoms with Gasteiger partial charge in [-0.15, -0.1) is 0 Å². The maximum absolute atomic E-state index is 14.4. The molecule has 3 aliphatic rings. The van der Waals surface area contributed by atoms with Crippen LogP contribution in [0.15, 0.2) is 66.7 Å². The van der Waals surface area contributed by atoms with Crippen LogP contribution in [0.4, 0.5) is 14.3 Å². The van der Waals surface area contributed by atoms with E-state index in [1.807, 2.05) is 68.4 Å². The number of nitrogens with zero attached hydrogens (tertiary/aromatic N) is 6. The summed E-state index contributed by atoms with van der Waals surface area (Å²) in [5.41, 5.74) is 9.23.